The zero-order valence-corrected chi connectivity index (χ0v) is 12.4. The summed E-state index contributed by atoms with van der Waals surface area (Å²) in [5.41, 5.74) is 0. The molecule has 0 aromatic heterocycles. The normalized spacial score (nSPS) is 32.1. The minimum absolute atomic E-state index is 1.03. The summed E-state index contributed by atoms with van der Waals surface area (Å²) in [7, 11) is 2.27. The van der Waals surface area contributed by atoms with E-state index in [2.05, 4.69) is 31.0 Å². The van der Waals surface area contributed by atoms with Gasteiger partial charge in [0.15, 0.2) is 0 Å². The first-order valence-electron chi connectivity index (χ1n) is 8.09. The monoisotopic (exact) mass is 249 g/mol. The second-order valence-electron chi connectivity index (χ2n) is 6.57. The minimum atomic E-state index is 1.03. The van der Waals surface area contributed by atoms with E-state index in [1.54, 1.807) is 0 Å². The molecule has 2 fully saturated rings. The van der Waals surface area contributed by atoms with Gasteiger partial charge in [0.25, 0.3) is 0 Å². The largest absolute Gasteiger partial charge is 0.306 e. The van der Waals surface area contributed by atoms with Crippen molar-refractivity contribution in [2.24, 2.45) is 17.8 Å². The molecule has 0 radical (unpaired) electrons. The molecule has 0 amide bonds. The molecule has 18 heavy (non-hydrogen) atoms. The quantitative estimate of drug-likeness (QED) is 0.664. The second kappa shape index (κ2) is 7.33. The maximum atomic E-state index is 2.50. The van der Waals surface area contributed by atoms with Crippen LogP contribution in [0.1, 0.15) is 58.3 Å². The van der Waals surface area contributed by atoms with E-state index in [0.29, 0.717) is 0 Å². The Morgan fingerprint density at radius 2 is 1.56 bits per heavy atom. The molecule has 0 aromatic rings. The highest BCUT2D eigenvalue weighted by molar-refractivity contribution is 4.83. The van der Waals surface area contributed by atoms with Crippen LogP contribution < -0.4 is 0 Å². The molecule has 2 aliphatic rings. The highest BCUT2D eigenvalue weighted by Gasteiger charge is 2.29. The summed E-state index contributed by atoms with van der Waals surface area (Å²) in [5, 5.41) is 0. The Labute approximate surface area is 114 Å². The number of piperidine rings is 1. The van der Waals surface area contributed by atoms with Gasteiger partial charge in [-0.1, -0.05) is 25.0 Å². The Morgan fingerprint density at radius 3 is 2.17 bits per heavy atom. The number of nitrogens with zero attached hydrogens (tertiary/aromatic N) is 1. The average molecular weight is 249 g/mol. The van der Waals surface area contributed by atoms with Crippen molar-refractivity contribution < 1.29 is 0 Å². The summed E-state index contributed by atoms with van der Waals surface area (Å²) in [6.45, 7) is 4.81. The number of hydrogen-bond acceptors (Lipinski definition) is 1. The predicted molar refractivity (Wildman–Crippen MR) is 79.7 cm³/mol. The third kappa shape index (κ3) is 4.12. The maximum Gasteiger partial charge on any atom is -0.00190 e. The van der Waals surface area contributed by atoms with Crippen molar-refractivity contribution in [3.63, 3.8) is 0 Å². The van der Waals surface area contributed by atoms with Crippen LogP contribution in [0.25, 0.3) is 0 Å². The van der Waals surface area contributed by atoms with Gasteiger partial charge in [0, 0.05) is 0 Å². The third-order valence-corrected chi connectivity index (χ3v) is 5.30. The zero-order chi connectivity index (χ0) is 12.8. The van der Waals surface area contributed by atoms with Gasteiger partial charge in [-0.15, -0.1) is 0 Å². The molecule has 0 bridgehead atoms. The van der Waals surface area contributed by atoms with E-state index in [1.807, 2.05) is 0 Å². The summed E-state index contributed by atoms with van der Waals surface area (Å²) < 4.78 is 0. The first-order chi connectivity index (χ1) is 8.79. The summed E-state index contributed by atoms with van der Waals surface area (Å²) in [6, 6.07) is 0. The molecule has 1 nitrogen and oxygen atoms in total. The van der Waals surface area contributed by atoms with E-state index in [0.717, 1.165) is 17.8 Å². The van der Waals surface area contributed by atoms with Crippen molar-refractivity contribution in [2.45, 2.75) is 58.3 Å². The van der Waals surface area contributed by atoms with E-state index >= 15 is 0 Å². The Kier molecular flexibility index (Phi) is 5.75. The molecule has 1 aliphatic carbocycles. The van der Waals surface area contributed by atoms with Crippen LogP contribution in [0.2, 0.25) is 0 Å². The topological polar surface area (TPSA) is 3.24 Å². The summed E-state index contributed by atoms with van der Waals surface area (Å²) in [6.07, 6.45) is 16.3. The molecule has 104 valence electrons. The van der Waals surface area contributed by atoms with Crippen LogP contribution in [0.5, 0.6) is 0 Å². The first-order valence-corrected chi connectivity index (χ1v) is 8.09. The fourth-order valence-electron chi connectivity index (χ4n) is 3.95. The van der Waals surface area contributed by atoms with Crippen LogP contribution in [0, 0.1) is 17.8 Å². The molecule has 2 rings (SSSR count). The molecule has 0 aromatic carbocycles. The second-order valence-corrected chi connectivity index (χ2v) is 6.57. The van der Waals surface area contributed by atoms with E-state index in [9.17, 15) is 0 Å². The van der Waals surface area contributed by atoms with E-state index in [4.69, 9.17) is 0 Å². The minimum Gasteiger partial charge on any atom is -0.306 e. The van der Waals surface area contributed by atoms with Gasteiger partial charge < -0.3 is 4.90 Å². The molecular weight excluding hydrogens is 218 g/mol. The number of hydrogen-bond donors (Lipinski definition) is 0. The SMILES string of the molecule is C/C=C/CCC1CCC(C2CCN(C)CC2)CC1. The van der Waals surface area contributed by atoms with Gasteiger partial charge in [-0.25, -0.2) is 0 Å². The number of likely N-dealkylation sites (tertiary alicyclic amines) is 1. The lowest BCUT2D eigenvalue weighted by molar-refractivity contribution is 0.128. The fourth-order valence-corrected chi connectivity index (χ4v) is 3.95. The van der Waals surface area contributed by atoms with Crippen LogP contribution in [-0.2, 0) is 0 Å². The van der Waals surface area contributed by atoms with E-state index < -0.39 is 0 Å². The lowest BCUT2D eigenvalue weighted by Crippen LogP contribution is -2.34. The lowest BCUT2D eigenvalue weighted by Gasteiger charge is -2.38. The van der Waals surface area contributed by atoms with Gasteiger partial charge in [0.2, 0.25) is 0 Å². The van der Waals surface area contributed by atoms with Gasteiger partial charge >= 0.3 is 0 Å². The molecule has 0 atom stereocenters. The van der Waals surface area contributed by atoms with Crippen LogP contribution in [0.15, 0.2) is 12.2 Å². The van der Waals surface area contributed by atoms with Gasteiger partial charge in [-0.05, 0) is 83.3 Å². The Bertz CT molecular complexity index is 242. The number of rotatable bonds is 4. The summed E-state index contributed by atoms with van der Waals surface area (Å²) >= 11 is 0. The number of allylic oxidation sites excluding steroid dienone is 2. The highest BCUT2D eigenvalue weighted by Crippen LogP contribution is 2.38. The molecule has 1 heterocycles. The van der Waals surface area contributed by atoms with Crippen LogP contribution >= 0.6 is 0 Å². The van der Waals surface area contributed by atoms with Crippen LogP contribution in [0.4, 0.5) is 0 Å². The van der Waals surface area contributed by atoms with Crippen molar-refractivity contribution in [3.05, 3.63) is 12.2 Å². The van der Waals surface area contributed by atoms with Crippen molar-refractivity contribution in [1.82, 2.24) is 4.90 Å². The predicted octanol–water partition coefficient (Wildman–Crippen LogP) is 4.49. The van der Waals surface area contributed by atoms with Crippen molar-refractivity contribution in [2.75, 3.05) is 20.1 Å². The van der Waals surface area contributed by atoms with Crippen molar-refractivity contribution >= 4 is 0 Å². The smallest absolute Gasteiger partial charge is 0.00190 e. The van der Waals surface area contributed by atoms with Gasteiger partial charge in [-0.3, -0.25) is 0 Å². The summed E-state index contributed by atoms with van der Waals surface area (Å²) in [4.78, 5) is 2.50. The molecule has 1 saturated carbocycles. The first kappa shape index (κ1) is 14.1. The standard InChI is InChI=1S/C17H31N/c1-3-4-5-6-15-7-9-16(10-8-15)17-11-13-18(2)14-12-17/h3-4,15-17H,5-14H2,1-2H3/b4-3+. The third-order valence-electron chi connectivity index (χ3n) is 5.30. The van der Waals surface area contributed by atoms with Gasteiger partial charge in [-0.2, -0.15) is 0 Å². The van der Waals surface area contributed by atoms with E-state index in [1.165, 1.54) is 64.5 Å². The van der Waals surface area contributed by atoms with Crippen LogP contribution in [-0.4, -0.2) is 25.0 Å². The van der Waals surface area contributed by atoms with Gasteiger partial charge in [0.05, 0.1) is 0 Å². The van der Waals surface area contributed by atoms with Crippen molar-refractivity contribution in [1.29, 1.82) is 0 Å². The van der Waals surface area contributed by atoms with Gasteiger partial charge in [0.1, 0.15) is 0 Å². The molecule has 0 spiro atoms. The zero-order valence-electron chi connectivity index (χ0n) is 12.4. The Morgan fingerprint density at radius 1 is 0.944 bits per heavy atom. The van der Waals surface area contributed by atoms with E-state index in [-0.39, 0.29) is 0 Å². The maximum absolute atomic E-state index is 2.50. The molecular formula is C17H31N. The lowest BCUT2D eigenvalue weighted by atomic mass is 9.72. The molecule has 0 N–H and O–H groups in total. The summed E-state index contributed by atoms with van der Waals surface area (Å²) in [5.74, 6) is 3.15. The average Bonchev–Trinajstić information content (AvgIpc) is 2.41. The molecule has 0 unspecified atom stereocenters. The molecule has 1 saturated heterocycles. The highest BCUT2D eigenvalue weighted by atomic mass is 15.1. The molecule has 1 heteroatoms. The van der Waals surface area contributed by atoms with Crippen molar-refractivity contribution in [3.8, 4) is 0 Å². The Balaban J connectivity index is 1.66. The molecule has 1 aliphatic heterocycles. The fraction of sp³-hybridized carbons (Fsp3) is 0.882. The Hall–Kier alpha value is -0.300. The van der Waals surface area contributed by atoms with Crippen LogP contribution in [0.3, 0.4) is 0 Å².